The van der Waals surface area contributed by atoms with Gasteiger partial charge >= 0.3 is 0 Å². The molecule has 3 unspecified atom stereocenters. The van der Waals surface area contributed by atoms with Gasteiger partial charge in [0.25, 0.3) is 0 Å². The maximum absolute atomic E-state index is 9.27. The van der Waals surface area contributed by atoms with Crippen LogP contribution in [0.15, 0.2) is 11.4 Å². The minimum atomic E-state index is 0.284. The fraction of sp³-hybridized carbons (Fsp3) is 0.846. The average Bonchev–Trinajstić information content (AvgIpc) is 2.95. The Morgan fingerprint density at radius 3 is 2.41 bits per heavy atom. The van der Waals surface area contributed by atoms with Gasteiger partial charge < -0.3 is 15.8 Å². The molecule has 4 heteroatoms. The lowest BCUT2D eigenvalue weighted by molar-refractivity contribution is 0.259. The second-order valence-electron chi connectivity index (χ2n) is 5.72. The molecule has 0 saturated heterocycles. The van der Waals surface area contributed by atoms with Crippen molar-refractivity contribution in [3.63, 3.8) is 0 Å². The van der Waals surface area contributed by atoms with Gasteiger partial charge in [-0.3, -0.25) is 0 Å². The molecule has 98 valence electrons. The summed E-state index contributed by atoms with van der Waals surface area (Å²) in [6.45, 7) is 4.49. The molecule has 0 heterocycles. The van der Waals surface area contributed by atoms with Crippen LogP contribution >= 0.6 is 0 Å². The number of hydrogen-bond acceptors (Lipinski definition) is 4. The molecule has 2 aliphatic rings. The summed E-state index contributed by atoms with van der Waals surface area (Å²) < 4.78 is 0. The van der Waals surface area contributed by atoms with Crippen molar-refractivity contribution in [2.24, 2.45) is 29.3 Å². The number of hydrazine groups is 1. The van der Waals surface area contributed by atoms with Crippen molar-refractivity contribution >= 4 is 0 Å². The zero-order valence-electron chi connectivity index (χ0n) is 10.9. The van der Waals surface area contributed by atoms with Crippen molar-refractivity contribution < 1.29 is 5.11 Å². The standard InChI is InChI=1S/C13H25N3O/c1-8(2)16(15)13-6-4-10-9(11(10)7-17)3-5-12(13)14/h8-11,17H,3-7,14-15H2,1-2H3/b13-12-. The molecular formula is C13H25N3O. The smallest absolute Gasteiger partial charge is 0.0481 e. The average molecular weight is 239 g/mol. The molecule has 2 aliphatic carbocycles. The Balaban J connectivity index is 2.05. The van der Waals surface area contributed by atoms with E-state index in [-0.39, 0.29) is 6.04 Å². The Morgan fingerprint density at radius 1 is 1.29 bits per heavy atom. The number of aliphatic hydroxyl groups excluding tert-OH is 1. The number of aliphatic hydroxyl groups is 1. The Bertz CT molecular complexity index is 314. The molecule has 1 fully saturated rings. The number of nitrogens with two attached hydrogens (primary N) is 2. The summed E-state index contributed by atoms with van der Waals surface area (Å²) in [6.07, 6.45) is 4.11. The second-order valence-corrected chi connectivity index (χ2v) is 5.72. The van der Waals surface area contributed by atoms with Gasteiger partial charge in [-0.1, -0.05) is 0 Å². The molecule has 1 saturated carbocycles. The van der Waals surface area contributed by atoms with Crippen molar-refractivity contribution in [3.8, 4) is 0 Å². The van der Waals surface area contributed by atoms with Gasteiger partial charge in [-0.15, -0.1) is 0 Å². The van der Waals surface area contributed by atoms with Crippen LogP contribution in [0.5, 0.6) is 0 Å². The predicted octanol–water partition coefficient (Wildman–Crippen LogP) is 1.17. The summed E-state index contributed by atoms with van der Waals surface area (Å²) in [4.78, 5) is 0. The van der Waals surface area contributed by atoms with E-state index in [1.807, 2.05) is 5.01 Å². The molecule has 0 radical (unpaired) electrons. The first kappa shape index (κ1) is 12.7. The van der Waals surface area contributed by atoms with Gasteiger partial charge in [0.1, 0.15) is 0 Å². The van der Waals surface area contributed by atoms with E-state index in [4.69, 9.17) is 11.6 Å². The van der Waals surface area contributed by atoms with Gasteiger partial charge in [0.2, 0.25) is 0 Å². The number of rotatable bonds is 3. The number of fused-ring (bicyclic) bond motifs is 1. The highest BCUT2D eigenvalue weighted by molar-refractivity contribution is 5.14. The van der Waals surface area contributed by atoms with E-state index in [1.165, 1.54) is 0 Å². The van der Waals surface area contributed by atoms with Gasteiger partial charge in [-0.25, -0.2) is 5.84 Å². The minimum Gasteiger partial charge on any atom is -0.401 e. The van der Waals surface area contributed by atoms with Crippen molar-refractivity contribution in [2.45, 2.75) is 45.6 Å². The van der Waals surface area contributed by atoms with Crippen LogP contribution in [0.1, 0.15) is 39.5 Å². The fourth-order valence-electron chi connectivity index (χ4n) is 3.19. The van der Waals surface area contributed by atoms with E-state index < -0.39 is 0 Å². The summed E-state index contributed by atoms with van der Waals surface area (Å²) in [5.74, 6) is 7.99. The van der Waals surface area contributed by atoms with E-state index >= 15 is 0 Å². The van der Waals surface area contributed by atoms with Crippen LogP contribution in [0.25, 0.3) is 0 Å². The third kappa shape index (κ3) is 2.43. The number of nitrogens with zero attached hydrogens (tertiary/aromatic N) is 1. The summed E-state index contributed by atoms with van der Waals surface area (Å²) in [6, 6.07) is 0.284. The zero-order chi connectivity index (χ0) is 12.6. The van der Waals surface area contributed by atoms with Crippen LogP contribution in [0.2, 0.25) is 0 Å². The van der Waals surface area contributed by atoms with Crippen LogP contribution < -0.4 is 11.6 Å². The van der Waals surface area contributed by atoms with Gasteiger partial charge in [0.15, 0.2) is 0 Å². The molecule has 0 amide bonds. The first-order valence-corrected chi connectivity index (χ1v) is 6.68. The van der Waals surface area contributed by atoms with Crippen LogP contribution in [-0.2, 0) is 0 Å². The molecule has 3 atom stereocenters. The summed E-state index contributed by atoms with van der Waals surface area (Å²) in [5, 5.41) is 11.1. The van der Waals surface area contributed by atoms with E-state index in [0.29, 0.717) is 24.4 Å². The quantitative estimate of drug-likeness (QED) is 0.510. The Morgan fingerprint density at radius 2 is 1.88 bits per heavy atom. The maximum Gasteiger partial charge on any atom is 0.0481 e. The molecule has 0 aromatic carbocycles. The minimum absolute atomic E-state index is 0.284. The fourth-order valence-corrected chi connectivity index (χ4v) is 3.19. The molecule has 2 rings (SSSR count). The highest BCUT2D eigenvalue weighted by atomic mass is 16.3. The third-order valence-electron chi connectivity index (χ3n) is 4.42. The van der Waals surface area contributed by atoms with Gasteiger partial charge in [-0.05, 0) is 57.3 Å². The van der Waals surface area contributed by atoms with Crippen molar-refractivity contribution in [1.82, 2.24) is 5.01 Å². The van der Waals surface area contributed by atoms with Crippen molar-refractivity contribution in [3.05, 3.63) is 11.4 Å². The van der Waals surface area contributed by atoms with Gasteiger partial charge in [-0.2, -0.15) is 0 Å². The molecular weight excluding hydrogens is 214 g/mol. The lowest BCUT2D eigenvalue weighted by atomic mass is 10.0. The lowest BCUT2D eigenvalue weighted by Gasteiger charge is -2.28. The van der Waals surface area contributed by atoms with E-state index in [1.54, 1.807) is 0 Å². The molecule has 4 nitrogen and oxygen atoms in total. The second kappa shape index (κ2) is 4.86. The largest absolute Gasteiger partial charge is 0.401 e. The first-order chi connectivity index (χ1) is 8.06. The Hall–Kier alpha value is -0.740. The topological polar surface area (TPSA) is 75.5 Å². The molecule has 0 bridgehead atoms. The SMILES string of the molecule is CC(C)N(N)/C1=C(\N)CCC2C(CO)C2CC1. The van der Waals surface area contributed by atoms with Crippen LogP contribution in [-0.4, -0.2) is 22.8 Å². The molecule has 5 N–H and O–H groups in total. The number of allylic oxidation sites excluding steroid dienone is 2. The molecule has 17 heavy (non-hydrogen) atoms. The monoisotopic (exact) mass is 239 g/mol. The molecule has 0 spiro atoms. The summed E-state index contributed by atoms with van der Waals surface area (Å²) in [5.41, 5.74) is 8.21. The van der Waals surface area contributed by atoms with E-state index in [9.17, 15) is 5.11 Å². The van der Waals surface area contributed by atoms with Crippen LogP contribution in [0.3, 0.4) is 0 Å². The third-order valence-corrected chi connectivity index (χ3v) is 4.42. The lowest BCUT2D eigenvalue weighted by Crippen LogP contribution is -2.38. The first-order valence-electron chi connectivity index (χ1n) is 6.68. The normalized spacial score (nSPS) is 37.4. The molecule has 0 aliphatic heterocycles. The van der Waals surface area contributed by atoms with Crippen molar-refractivity contribution in [2.75, 3.05) is 6.61 Å². The van der Waals surface area contributed by atoms with E-state index in [0.717, 1.165) is 37.1 Å². The summed E-state index contributed by atoms with van der Waals surface area (Å²) in [7, 11) is 0. The predicted molar refractivity (Wildman–Crippen MR) is 68.4 cm³/mol. The van der Waals surface area contributed by atoms with Gasteiger partial charge in [0.05, 0.1) is 0 Å². The van der Waals surface area contributed by atoms with Crippen LogP contribution in [0.4, 0.5) is 0 Å². The molecule has 0 aromatic rings. The summed E-state index contributed by atoms with van der Waals surface area (Å²) >= 11 is 0. The van der Waals surface area contributed by atoms with Gasteiger partial charge in [0, 0.05) is 24.0 Å². The highest BCUT2D eigenvalue weighted by Crippen LogP contribution is 2.53. The van der Waals surface area contributed by atoms with Crippen molar-refractivity contribution in [1.29, 1.82) is 0 Å². The Kier molecular flexibility index (Phi) is 3.64. The highest BCUT2D eigenvalue weighted by Gasteiger charge is 2.48. The van der Waals surface area contributed by atoms with Crippen LogP contribution in [0, 0.1) is 17.8 Å². The Labute approximate surface area is 104 Å². The zero-order valence-corrected chi connectivity index (χ0v) is 10.9. The molecule has 0 aromatic heterocycles. The maximum atomic E-state index is 9.27. The number of hydrogen-bond donors (Lipinski definition) is 3. The van der Waals surface area contributed by atoms with E-state index in [2.05, 4.69) is 13.8 Å².